The number of hydrogen-bond acceptors (Lipinski definition) is 4. The van der Waals surface area contributed by atoms with Crippen molar-refractivity contribution in [2.75, 3.05) is 13.6 Å². The molecule has 0 spiro atoms. The van der Waals surface area contributed by atoms with E-state index in [9.17, 15) is 9.59 Å². The summed E-state index contributed by atoms with van der Waals surface area (Å²) in [6, 6.07) is 6.83. The minimum absolute atomic E-state index is 0.0416. The van der Waals surface area contributed by atoms with Crippen molar-refractivity contribution in [2.45, 2.75) is 19.0 Å². The van der Waals surface area contributed by atoms with Gasteiger partial charge in [0.15, 0.2) is 0 Å². The summed E-state index contributed by atoms with van der Waals surface area (Å²) in [6.07, 6.45) is 3.55. The smallest absolute Gasteiger partial charge is 0.246 e. The highest BCUT2D eigenvalue weighted by Crippen LogP contribution is 2.21. The van der Waals surface area contributed by atoms with Gasteiger partial charge in [0.2, 0.25) is 11.8 Å². The van der Waals surface area contributed by atoms with E-state index < -0.39 is 6.04 Å². The van der Waals surface area contributed by atoms with Crippen LogP contribution in [0.4, 0.5) is 0 Å². The number of amides is 2. The van der Waals surface area contributed by atoms with Crippen molar-refractivity contribution in [3.8, 4) is 0 Å². The molecule has 2 aromatic rings. The molecule has 1 unspecified atom stereocenters. The first-order valence-corrected chi connectivity index (χ1v) is 7.10. The zero-order valence-electron chi connectivity index (χ0n) is 12.3. The van der Waals surface area contributed by atoms with Crippen molar-refractivity contribution >= 4 is 11.8 Å². The summed E-state index contributed by atoms with van der Waals surface area (Å²) in [5.74, 6) is -0.194. The fraction of sp³-hybridized carbons (Fsp3) is 0.333. The second-order valence-electron chi connectivity index (χ2n) is 5.17. The summed E-state index contributed by atoms with van der Waals surface area (Å²) >= 11 is 0. The fourth-order valence-electron chi connectivity index (χ4n) is 2.61. The molecule has 0 bridgehead atoms. The number of rotatable bonds is 3. The van der Waals surface area contributed by atoms with Crippen LogP contribution in [0.2, 0.25) is 0 Å². The van der Waals surface area contributed by atoms with E-state index in [2.05, 4.69) is 15.4 Å². The highest BCUT2D eigenvalue weighted by molar-refractivity contribution is 5.83. The van der Waals surface area contributed by atoms with E-state index >= 15 is 0 Å². The first kappa shape index (κ1) is 14.2. The van der Waals surface area contributed by atoms with Gasteiger partial charge in [-0.05, 0) is 18.2 Å². The fourth-order valence-corrected chi connectivity index (χ4v) is 2.61. The van der Waals surface area contributed by atoms with E-state index in [4.69, 9.17) is 0 Å². The Morgan fingerprint density at radius 1 is 1.32 bits per heavy atom. The quantitative estimate of drug-likeness (QED) is 0.875. The molecule has 0 aliphatic carbocycles. The molecule has 1 aliphatic rings. The van der Waals surface area contributed by atoms with Crippen LogP contribution in [-0.2, 0) is 22.6 Å². The maximum Gasteiger partial charge on any atom is 0.246 e. The van der Waals surface area contributed by atoms with Gasteiger partial charge in [-0.1, -0.05) is 6.07 Å². The highest BCUT2D eigenvalue weighted by atomic mass is 16.2. The molecule has 1 aliphatic heterocycles. The maximum atomic E-state index is 12.5. The van der Waals surface area contributed by atoms with Gasteiger partial charge in [-0.2, -0.15) is 5.10 Å². The number of aromatic nitrogens is 3. The normalized spacial score (nSPS) is 17.0. The standard InChI is InChI=1S/C15H17N5O2/c1-16-15(22)13-10-19(9-12-5-7-18-20(12)13)14(21)8-11-4-2-3-6-17-11/h2-7,13H,8-10H2,1H3,(H,16,22). The van der Waals surface area contributed by atoms with Gasteiger partial charge < -0.3 is 10.2 Å². The number of likely N-dealkylation sites (N-methyl/N-ethyl adjacent to an activating group) is 1. The molecule has 0 saturated heterocycles. The first-order valence-electron chi connectivity index (χ1n) is 7.10. The van der Waals surface area contributed by atoms with Gasteiger partial charge >= 0.3 is 0 Å². The molecule has 2 amide bonds. The van der Waals surface area contributed by atoms with Crippen molar-refractivity contribution < 1.29 is 9.59 Å². The van der Waals surface area contributed by atoms with Gasteiger partial charge in [-0.3, -0.25) is 19.3 Å². The predicted molar refractivity (Wildman–Crippen MR) is 78.7 cm³/mol. The largest absolute Gasteiger partial charge is 0.357 e. The Labute approximate surface area is 127 Å². The average Bonchev–Trinajstić information content (AvgIpc) is 3.02. The van der Waals surface area contributed by atoms with Crippen molar-refractivity contribution in [1.82, 2.24) is 25.0 Å². The molecule has 2 aromatic heterocycles. The Morgan fingerprint density at radius 2 is 2.18 bits per heavy atom. The Bertz CT molecular complexity index is 682. The molecule has 0 aromatic carbocycles. The lowest BCUT2D eigenvalue weighted by molar-refractivity contribution is -0.134. The van der Waals surface area contributed by atoms with E-state index in [0.29, 0.717) is 13.1 Å². The van der Waals surface area contributed by atoms with Crippen molar-refractivity contribution in [2.24, 2.45) is 0 Å². The molecule has 0 fully saturated rings. The van der Waals surface area contributed by atoms with Gasteiger partial charge in [0.1, 0.15) is 6.04 Å². The van der Waals surface area contributed by atoms with Crippen LogP contribution in [-0.4, -0.2) is 45.1 Å². The Hall–Kier alpha value is -2.70. The maximum absolute atomic E-state index is 12.5. The molecule has 0 saturated carbocycles. The van der Waals surface area contributed by atoms with Crippen LogP contribution in [0.5, 0.6) is 0 Å². The molecule has 7 nitrogen and oxygen atoms in total. The number of fused-ring (bicyclic) bond motifs is 1. The zero-order valence-corrected chi connectivity index (χ0v) is 12.3. The molecular weight excluding hydrogens is 282 g/mol. The van der Waals surface area contributed by atoms with Crippen molar-refractivity contribution in [3.63, 3.8) is 0 Å². The summed E-state index contributed by atoms with van der Waals surface area (Å²) in [6.45, 7) is 0.777. The van der Waals surface area contributed by atoms with Crippen molar-refractivity contribution in [1.29, 1.82) is 0 Å². The molecule has 3 heterocycles. The Kier molecular flexibility index (Phi) is 3.86. The average molecular weight is 299 g/mol. The lowest BCUT2D eigenvalue weighted by Crippen LogP contribution is -2.46. The number of nitrogens with one attached hydrogen (secondary N) is 1. The third-order valence-electron chi connectivity index (χ3n) is 3.75. The van der Waals surface area contributed by atoms with E-state index in [1.165, 1.54) is 0 Å². The van der Waals surface area contributed by atoms with E-state index in [1.807, 2.05) is 24.3 Å². The van der Waals surface area contributed by atoms with E-state index in [-0.39, 0.29) is 18.2 Å². The van der Waals surface area contributed by atoms with Crippen LogP contribution < -0.4 is 5.32 Å². The summed E-state index contributed by atoms with van der Waals surface area (Å²) in [5, 5.41) is 6.81. The van der Waals surface area contributed by atoms with E-state index in [0.717, 1.165) is 11.4 Å². The second kappa shape index (κ2) is 5.97. The van der Waals surface area contributed by atoms with Gasteiger partial charge in [-0.25, -0.2) is 0 Å². The number of carbonyl (C=O) groups is 2. The zero-order chi connectivity index (χ0) is 15.5. The summed E-state index contributed by atoms with van der Waals surface area (Å²) < 4.78 is 1.68. The van der Waals surface area contributed by atoms with Crippen molar-refractivity contribution in [3.05, 3.63) is 48.0 Å². The minimum Gasteiger partial charge on any atom is -0.357 e. The first-order chi connectivity index (χ1) is 10.7. The summed E-state index contributed by atoms with van der Waals surface area (Å²) in [5.41, 5.74) is 1.58. The van der Waals surface area contributed by atoms with Gasteiger partial charge in [0.05, 0.1) is 25.2 Å². The third kappa shape index (κ3) is 2.69. The molecular formula is C15H17N5O2. The molecule has 7 heteroatoms. The number of nitrogens with zero attached hydrogens (tertiary/aromatic N) is 4. The van der Waals surface area contributed by atoms with Crippen LogP contribution >= 0.6 is 0 Å². The second-order valence-corrected chi connectivity index (χ2v) is 5.17. The molecule has 114 valence electrons. The van der Waals surface area contributed by atoms with Crippen LogP contribution in [0.25, 0.3) is 0 Å². The van der Waals surface area contributed by atoms with Gasteiger partial charge in [-0.15, -0.1) is 0 Å². The number of carbonyl (C=O) groups excluding carboxylic acids is 2. The lowest BCUT2D eigenvalue weighted by atomic mass is 10.1. The SMILES string of the molecule is CNC(=O)C1CN(C(=O)Cc2ccccn2)Cc2ccnn21. The Morgan fingerprint density at radius 3 is 2.91 bits per heavy atom. The molecule has 3 rings (SSSR count). The molecule has 1 N–H and O–H groups in total. The monoisotopic (exact) mass is 299 g/mol. The lowest BCUT2D eigenvalue weighted by Gasteiger charge is -2.33. The Balaban J connectivity index is 1.78. The van der Waals surface area contributed by atoms with Crippen LogP contribution in [0, 0.1) is 0 Å². The van der Waals surface area contributed by atoms with Crippen LogP contribution in [0.15, 0.2) is 36.7 Å². The molecule has 22 heavy (non-hydrogen) atoms. The summed E-state index contributed by atoms with van der Waals surface area (Å²) in [4.78, 5) is 30.4. The summed E-state index contributed by atoms with van der Waals surface area (Å²) in [7, 11) is 1.58. The van der Waals surface area contributed by atoms with Gasteiger partial charge in [0.25, 0.3) is 0 Å². The number of hydrogen-bond donors (Lipinski definition) is 1. The van der Waals surface area contributed by atoms with Crippen LogP contribution in [0.3, 0.4) is 0 Å². The van der Waals surface area contributed by atoms with Gasteiger partial charge in [0, 0.05) is 25.1 Å². The predicted octanol–water partition coefficient (Wildman–Crippen LogP) is 0.150. The van der Waals surface area contributed by atoms with E-state index in [1.54, 1.807) is 29.0 Å². The molecule has 1 atom stereocenters. The molecule has 0 radical (unpaired) electrons. The topological polar surface area (TPSA) is 80.1 Å². The highest BCUT2D eigenvalue weighted by Gasteiger charge is 2.32. The minimum atomic E-state index is -0.489. The van der Waals surface area contributed by atoms with Crippen LogP contribution in [0.1, 0.15) is 17.4 Å². The third-order valence-corrected chi connectivity index (χ3v) is 3.75. The number of pyridine rings is 1.